The first-order chi connectivity index (χ1) is 11.0. The van der Waals surface area contributed by atoms with Crippen molar-refractivity contribution in [3.63, 3.8) is 0 Å². The Kier molecular flexibility index (Phi) is 4.45. The number of fused-ring (bicyclic) bond motifs is 1. The van der Waals surface area contributed by atoms with Gasteiger partial charge in [0.15, 0.2) is 5.16 Å². The predicted octanol–water partition coefficient (Wildman–Crippen LogP) is 1.10. The van der Waals surface area contributed by atoms with Crippen molar-refractivity contribution in [1.29, 1.82) is 0 Å². The van der Waals surface area contributed by atoms with E-state index in [2.05, 4.69) is 20.0 Å². The molecule has 3 rings (SSSR count). The molecule has 2 aromatic rings. The second-order valence-electron chi connectivity index (χ2n) is 5.66. The van der Waals surface area contributed by atoms with Crippen LogP contribution < -0.4 is 10.3 Å². The third-order valence-corrected chi connectivity index (χ3v) is 4.76. The monoisotopic (exact) mass is 335 g/mol. The summed E-state index contributed by atoms with van der Waals surface area (Å²) in [5.41, 5.74) is 3.70. The first-order valence-corrected chi connectivity index (χ1v) is 8.70. The Morgan fingerprint density at radius 2 is 2.22 bits per heavy atom. The molecule has 2 aromatic heterocycles. The van der Waals surface area contributed by atoms with E-state index in [-0.39, 0.29) is 5.56 Å². The van der Waals surface area contributed by atoms with Crippen LogP contribution in [0.25, 0.3) is 0 Å². The van der Waals surface area contributed by atoms with Gasteiger partial charge in [0.1, 0.15) is 0 Å². The maximum absolute atomic E-state index is 12.3. The van der Waals surface area contributed by atoms with E-state index in [4.69, 9.17) is 4.74 Å². The molecule has 23 heavy (non-hydrogen) atoms. The van der Waals surface area contributed by atoms with Gasteiger partial charge < -0.3 is 9.72 Å². The van der Waals surface area contributed by atoms with Crippen molar-refractivity contribution in [3.05, 3.63) is 32.9 Å². The summed E-state index contributed by atoms with van der Waals surface area (Å²) in [7, 11) is 3.53. The molecular formula is C15H21N5O2S. The zero-order valence-electron chi connectivity index (χ0n) is 13.8. The van der Waals surface area contributed by atoms with E-state index in [9.17, 15) is 4.79 Å². The van der Waals surface area contributed by atoms with Gasteiger partial charge in [0, 0.05) is 33.1 Å². The van der Waals surface area contributed by atoms with Crippen molar-refractivity contribution >= 4 is 11.8 Å². The fraction of sp³-hybridized carbons (Fsp3) is 0.533. The van der Waals surface area contributed by atoms with E-state index in [0.717, 1.165) is 41.4 Å². The van der Waals surface area contributed by atoms with Crippen LogP contribution in [-0.2, 0) is 26.6 Å². The molecule has 0 aliphatic carbocycles. The molecule has 124 valence electrons. The number of thioether (sulfide) groups is 1. The van der Waals surface area contributed by atoms with E-state index in [1.54, 1.807) is 11.8 Å². The van der Waals surface area contributed by atoms with Gasteiger partial charge in [0.05, 0.1) is 29.6 Å². The highest BCUT2D eigenvalue weighted by Crippen LogP contribution is 2.25. The second-order valence-corrected chi connectivity index (χ2v) is 6.45. The molecule has 0 bridgehead atoms. The van der Waals surface area contributed by atoms with Crippen molar-refractivity contribution in [3.8, 4) is 5.88 Å². The van der Waals surface area contributed by atoms with E-state index >= 15 is 0 Å². The second kappa shape index (κ2) is 6.37. The van der Waals surface area contributed by atoms with Gasteiger partial charge in [0.25, 0.3) is 5.56 Å². The number of aromatic nitrogens is 4. The SMILES string of the molecule is COc1c(CN2CCc3nc(SC)[nH]c(=O)c3C2)c(C)nn1C. The van der Waals surface area contributed by atoms with Gasteiger partial charge >= 0.3 is 0 Å². The lowest BCUT2D eigenvalue weighted by Crippen LogP contribution is -2.35. The molecule has 0 spiro atoms. The third-order valence-electron chi connectivity index (χ3n) is 4.18. The number of aryl methyl sites for hydroxylation is 2. The number of methoxy groups -OCH3 is 1. The highest BCUT2D eigenvalue weighted by atomic mass is 32.2. The number of nitrogens with zero attached hydrogens (tertiary/aromatic N) is 4. The average Bonchev–Trinajstić information content (AvgIpc) is 2.80. The lowest BCUT2D eigenvalue weighted by Gasteiger charge is -2.27. The minimum Gasteiger partial charge on any atom is -0.481 e. The largest absolute Gasteiger partial charge is 0.481 e. The molecule has 0 saturated carbocycles. The van der Waals surface area contributed by atoms with Crippen molar-refractivity contribution in [2.75, 3.05) is 19.9 Å². The molecule has 1 aliphatic rings. The highest BCUT2D eigenvalue weighted by molar-refractivity contribution is 7.98. The smallest absolute Gasteiger partial charge is 0.256 e. The number of aromatic amines is 1. The van der Waals surface area contributed by atoms with Gasteiger partial charge in [-0.1, -0.05) is 11.8 Å². The Labute approximate surface area is 139 Å². The fourth-order valence-electron chi connectivity index (χ4n) is 3.03. The van der Waals surface area contributed by atoms with Gasteiger partial charge in [-0.15, -0.1) is 0 Å². The van der Waals surface area contributed by atoms with Crippen molar-refractivity contribution in [2.45, 2.75) is 31.6 Å². The topological polar surface area (TPSA) is 76.0 Å². The Hall–Kier alpha value is -1.80. The summed E-state index contributed by atoms with van der Waals surface area (Å²) in [6.07, 6.45) is 2.70. The van der Waals surface area contributed by atoms with Crippen LogP contribution in [0.3, 0.4) is 0 Å². The van der Waals surface area contributed by atoms with Crippen LogP contribution in [0.4, 0.5) is 0 Å². The minimum atomic E-state index is -0.0288. The maximum Gasteiger partial charge on any atom is 0.256 e. The molecule has 1 N–H and O–H groups in total. The molecule has 7 nitrogen and oxygen atoms in total. The Morgan fingerprint density at radius 1 is 1.43 bits per heavy atom. The number of rotatable bonds is 4. The van der Waals surface area contributed by atoms with Crippen LogP contribution >= 0.6 is 11.8 Å². The van der Waals surface area contributed by atoms with Gasteiger partial charge in [-0.2, -0.15) is 5.10 Å². The zero-order valence-corrected chi connectivity index (χ0v) is 14.7. The molecule has 0 atom stereocenters. The Balaban J connectivity index is 1.85. The molecule has 0 unspecified atom stereocenters. The quantitative estimate of drug-likeness (QED) is 0.666. The molecule has 8 heteroatoms. The first-order valence-electron chi connectivity index (χ1n) is 7.48. The number of hydrogen-bond acceptors (Lipinski definition) is 6. The normalized spacial score (nSPS) is 14.8. The number of ether oxygens (including phenoxy) is 1. The summed E-state index contributed by atoms with van der Waals surface area (Å²) in [6, 6.07) is 0. The van der Waals surface area contributed by atoms with Gasteiger partial charge in [-0.3, -0.25) is 9.69 Å². The molecule has 0 aromatic carbocycles. The van der Waals surface area contributed by atoms with Crippen LogP contribution in [0.1, 0.15) is 22.5 Å². The third kappa shape index (κ3) is 3.00. The summed E-state index contributed by atoms with van der Waals surface area (Å²) >= 11 is 1.46. The van der Waals surface area contributed by atoms with Crippen LogP contribution in [0.2, 0.25) is 0 Å². The Bertz CT molecular complexity index is 783. The van der Waals surface area contributed by atoms with Crippen LogP contribution in [0, 0.1) is 6.92 Å². The Morgan fingerprint density at radius 3 is 2.91 bits per heavy atom. The minimum absolute atomic E-state index is 0.0288. The molecule has 3 heterocycles. The lowest BCUT2D eigenvalue weighted by atomic mass is 10.1. The number of nitrogens with one attached hydrogen (secondary N) is 1. The summed E-state index contributed by atoms with van der Waals surface area (Å²) in [6.45, 7) is 4.17. The molecule has 1 aliphatic heterocycles. The summed E-state index contributed by atoms with van der Waals surface area (Å²) in [5, 5.41) is 5.10. The van der Waals surface area contributed by atoms with Crippen molar-refractivity contribution < 1.29 is 4.74 Å². The summed E-state index contributed by atoms with van der Waals surface area (Å²) < 4.78 is 7.20. The summed E-state index contributed by atoms with van der Waals surface area (Å²) in [5.74, 6) is 0.776. The van der Waals surface area contributed by atoms with E-state index in [0.29, 0.717) is 18.2 Å². The van der Waals surface area contributed by atoms with E-state index in [1.807, 2.05) is 20.2 Å². The van der Waals surface area contributed by atoms with E-state index in [1.165, 1.54) is 11.8 Å². The highest BCUT2D eigenvalue weighted by Gasteiger charge is 2.24. The van der Waals surface area contributed by atoms with E-state index < -0.39 is 0 Å². The molecule has 0 amide bonds. The number of hydrogen-bond donors (Lipinski definition) is 1. The molecule has 0 fully saturated rings. The fourth-order valence-corrected chi connectivity index (χ4v) is 3.43. The molecule has 0 radical (unpaired) electrons. The first kappa shape index (κ1) is 16.1. The van der Waals surface area contributed by atoms with Gasteiger partial charge in [-0.05, 0) is 13.2 Å². The van der Waals surface area contributed by atoms with Gasteiger partial charge in [-0.25, -0.2) is 9.67 Å². The maximum atomic E-state index is 12.3. The van der Waals surface area contributed by atoms with Crippen LogP contribution in [-0.4, -0.2) is 44.6 Å². The molecule has 0 saturated heterocycles. The van der Waals surface area contributed by atoms with Crippen LogP contribution in [0.15, 0.2) is 9.95 Å². The van der Waals surface area contributed by atoms with Crippen molar-refractivity contribution in [2.24, 2.45) is 7.05 Å². The van der Waals surface area contributed by atoms with Gasteiger partial charge in [0.2, 0.25) is 5.88 Å². The predicted molar refractivity (Wildman–Crippen MR) is 89.0 cm³/mol. The standard InChI is InChI=1S/C15H21N5O2S/c1-9-10(14(22-3)19(2)18-9)7-20-6-5-12-11(8-20)13(21)17-15(16-12)23-4/h5-8H2,1-4H3,(H,16,17,21). The van der Waals surface area contributed by atoms with Crippen molar-refractivity contribution in [1.82, 2.24) is 24.6 Å². The summed E-state index contributed by atoms with van der Waals surface area (Å²) in [4.78, 5) is 21.9. The average molecular weight is 335 g/mol. The lowest BCUT2D eigenvalue weighted by molar-refractivity contribution is 0.236. The number of H-pyrrole nitrogens is 1. The zero-order chi connectivity index (χ0) is 16.6. The van der Waals surface area contributed by atoms with Crippen LogP contribution in [0.5, 0.6) is 5.88 Å². The molecular weight excluding hydrogens is 314 g/mol.